The van der Waals surface area contributed by atoms with Gasteiger partial charge < -0.3 is 14.9 Å². The number of hydrogen-bond acceptors (Lipinski definition) is 5. The van der Waals surface area contributed by atoms with Gasteiger partial charge in [0.25, 0.3) is 0 Å². The molecule has 9 unspecified atom stereocenters. The Labute approximate surface area is 240 Å². The Morgan fingerprint density at radius 3 is 2.72 bits per heavy atom. The smallest absolute Gasteiger partial charge is 0.309 e. The molecular weight excluding hydrogens is 556 g/mol. The van der Waals surface area contributed by atoms with Crippen molar-refractivity contribution in [3.8, 4) is 5.75 Å². The van der Waals surface area contributed by atoms with Gasteiger partial charge in [0, 0.05) is 28.5 Å². The third-order valence-electron chi connectivity index (χ3n) is 10.6. The van der Waals surface area contributed by atoms with E-state index in [0.29, 0.717) is 17.8 Å². The summed E-state index contributed by atoms with van der Waals surface area (Å²) in [4.78, 5) is 18.4. The van der Waals surface area contributed by atoms with Gasteiger partial charge in [-0.05, 0) is 111 Å². The van der Waals surface area contributed by atoms with Gasteiger partial charge in [0.2, 0.25) is 0 Å². The fourth-order valence-corrected chi connectivity index (χ4v) is 11.1. The van der Waals surface area contributed by atoms with Crippen LogP contribution in [0.15, 0.2) is 43.1 Å². The summed E-state index contributed by atoms with van der Waals surface area (Å²) in [5, 5.41) is 21.6. The average Bonchev–Trinajstić information content (AvgIpc) is 2.90. The van der Waals surface area contributed by atoms with Crippen molar-refractivity contribution in [3.05, 3.63) is 48.7 Å². The standard InChI is InChI=1S/C20H24N2O2.C12H17BrO2/c1-3-13-12-22-9-7-14(13)10-19(22)20(23)16-6-8-21-18-5-4-15(24-2)11-17(16)18;1-10-2-8-3-11(5-10,9(14)15)7-12(13,4-8)6-10/h3-6,8,11,13-14,19-20,23H,1,7,9-10,12H2,2H3;8H,2-7H2,1H3,(H,14,15). The minimum atomic E-state index is -0.554. The van der Waals surface area contributed by atoms with E-state index in [0.717, 1.165) is 61.0 Å². The zero-order valence-electron chi connectivity index (χ0n) is 23.1. The summed E-state index contributed by atoms with van der Waals surface area (Å²) in [6, 6.07) is 7.96. The Hall–Kier alpha value is -1.96. The van der Waals surface area contributed by atoms with Gasteiger partial charge in [0.05, 0.1) is 24.1 Å². The van der Waals surface area contributed by atoms with Crippen molar-refractivity contribution in [2.75, 3.05) is 20.2 Å². The zero-order valence-corrected chi connectivity index (χ0v) is 24.7. The lowest BCUT2D eigenvalue weighted by Crippen LogP contribution is -2.59. The van der Waals surface area contributed by atoms with E-state index in [4.69, 9.17) is 4.74 Å². The Balaban J connectivity index is 0.000000158. The lowest BCUT2D eigenvalue weighted by Gasteiger charge is -2.62. The molecule has 7 fully saturated rings. The summed E-state index contributed by atoms with van der Waals surface area (Å²) < 4.78 is 5.49. The highest BCUT2D eigenvalue weighted by molar-refractivity contribution is 9.10. The number of ether oxygens (including phenoxy) is 1. The molecule has 4 heterocycles. The molecular formula is C32H41BrN2O4. The number of hydrogen-bond donors (Lipinski definition) is 2. The van der Waals surface area contributed by atoms with Crippen LogP contribution in [0.5, 0.6) is 5.75 Å². The Bertz CT molecular complexity index is 1260. The maximum Gasteiger partial charge on any atom is 0.309 e. The van der Waals surface area contributed by atoms with E-state index in [2.05, 4.69) is 45.4 Å². The first kappa shape index (κ1) is 27.2. The number of aliphatic hydroxyl groups is 1. The molecule has 0 radical (unpaired) electrons. The highest BCUT2D eigenvalue weighted by Crippen LogP contribution is 2.68. The molecule has 3 aliphatic heterocycles. The van der Waals surface area contributed by atoms with Crippen LogP contribution in [0.4, 0.5) is 0 Å². The van der Waals surface area contributed by atoms with E-state index in [1.165, 1.54) is 25.7 Å². The van der Waals surface area contributed by atoms with Gasteiger partial charge in [0.15, 0.2) is 0 Å². The molecule has 0 amide bonds. The number of carboxylic acids is 1. The first-order valence-electron chi connectivity index (χ1n) is 14.5. The molecule has 210 valence electrons. The Morgan fingerprint density at radius 2 is 2.08 bits per heavy atom. The molecule has 2 N–H and O–H groups in total. The topological polar surface area (TPSA) is 82.9 Å². The molecule has 7 aliphatic rings. The second kappa shape index (κ2) is 9.85. The second-order valence-corrected chi connectivity index (χ2v) is 15.2. The number of aliphatic hydroxyl groups excluding tert-OH is 1. The van der Waals surface area contributed by atoms with Crippen molar-refractivity contribution in [2.45, 2.75) is 74.8 Å². The predicted octanol–water partition coefficient (Wildman–Crippen LogP) is 6.37. The van der Waals surface area contributed by atoms with Crippen LogP contribution < -0.4 is 4.74 Å². The van der Waals surface area contributed by atoms with Crippen LogP contribution in [0, 0.1) is 28.6 Å². The summed E-state index contributed by atoms with van der Waals surface area (Å²) in [6.45, 7) is 8.35. The van der Waals surface area contributed by atoms with E-state index in [9.17, 15) is 15.0 Å². The van der Waals surface area contributed by atoms with Crippen molar-refractivity contribution in [1.29, 1.82) is 0 Å². The number of aromatic nitrogens is 1. The summed E-state index contributed by atoms with van der Waals surface area (Å²) in [5.74, 6) is 2.09. The van der Waals surface area contributed by atoms with Crippen molar-refractivity contribution < 1.29 is 19.7 Å². The number of halogens is 1. The van der Waals surface area contributed by atoms with Crippen LogP contribution in [-0.2, 0) is 4.79 Å². The van der Waals surface area contributed by atoms with Gasteiger partial charge in [-0.25, -0.2) is 0 Å². The van der Waals surface area contributed by atoms with E-state index in [-0.39, 0.29) is 15.8 Å². The number of aliphatic carboxylic acids is 1. The summed E-state index contributed by atoms with van der Waals surface area (Å²) in [7, 11) is 1.66. The van der Waals surface area contributed by atoms with Crippen molar-refractivity contribution in [2.24, 2.45) is 28.6 Å². The van der Waals surface area contributed by atoms with Gasteiger partial charge in [-0.15, -0.1) is 6.58 Å². The molecule has 4 saturated carbocycles. The molecule has 0 spiro atoms. The average molecular weight is 598 g/mol. The molecule has 1 aromatic carbocycles. The molecule has 4 aliphatic carbocycles. The highest BCUT2D eigenvalue weighted by Gasteiger charge is 2.63. The minimum absolute atomic E-state index is 0.138. The van der Waals surface area contributed by atoms with Crippen LogP contribution in [0.25, 0.3) is 10.9 Å². The monoisotopic (exact) mass is 596 g/mol. The lowest BCUT2D eigenvalue weighted by atomic mass is 9.44. The number of methoxy groups -OCH3 is 1. The molecule has 7 heteroatoms. The first-order valence-corrected chi connectivity index (χ1v) is 15.2. The van der Waals surface area contributed by atoms with Crippen LogP contribution >= 0.6 is 15.9 Å². The number of alkyl halides is 1. The molecule has 9 atom stereocenters. The van der Waals surface area contributed by atoms with Crippen LogP contribution in [0.1, 0.15) is 70.0 Å². The lowest BCUT2D eigenvalue weighted by molar-refractivity contribution is -0.169. The van der Waals surface area contributed by atoms with Crippen LogP contribution in [0.3, 0.4) is 0 Å². The fraction of sp³-hybridized carbons (Fsp3) is 0.625. The molecule has 9 rings (SSSR count). The molecule has 6 nitrogen and oxygen atoms in total. The van der Waals surface area contributed by atoms with E-state index in [1.807, 2.05) is 24.3 Å². The highest BCUT2D eigenvalue weighted by atomic mass is 79.9. The summed E-state index contributed by atoms with van der Waals surface area (Å²) in [6.07, 6.45) is 11.9. The van der Waals surface area contributed by atoms with Gasteiger partial charge in [-0.1, -0.05) is 28.9 Å². The zero-order chi connectivity index (χ0) is 27.6. The van der Waals surface area contributed by atoms with Crippen LogP contribution in [0.2, 0.25) is 0 Å². The Kier molecular flexibility index (Phi) is 6.87. The number of fused-ring (bicyclic) bond motifs is 4. The summed E-state index contributed by atoms with van der Waals surface area (Å²) >= 11 is 3.83. The summed E-state index contributed by atoms with van der Waals surface area (Å²) in [5.41, 5.74) is 1.72. The maximum atomic E-state index is 11.5. The number of pyridine rings is 1. The fourth-order valence-electron chi connectivity index (χ4n) is 9.47. The quantitative estimate of drug-likeness (QED) is 0.308. The maximum absolute atomic E-state index is 11.5. The number of benzene rings is 1. The van der Waals surface area contributed by atoms with E-state index in [1.54, 1.807) is 13.3 Å². The van der Waals surface area contributed by atoms with E-state index >= 15 is 0 Å². The molecule has 39 heavy (non-hydrogen) atoms. The molecule has 6 bridgehead atoms. The number of carbonyl (C=O) groups is 1. The molecule has 1 aromatic heterocycles. The largest absolute Gasteiger partial charge is 0.497 e. The number of rotatable bonds is 5. The minimum Gasteiger partial charge on any atom is -0.497 e. The molecule has 3 saturated heterocycles. The van der Waals surface area contributed by atoms with Gasteiger partial charge >= 0.3 is 5.97 Å². The van der Waals surface area contributed by atoms with Gasteiger partial charge in [-0.3, -0.25) is 14.7 Å². The normalized spacial score (nSPS) is 40.6. The number of piperidine rings is 3. The molecule has 2 aromatic rings. The second-order valence-electron chi connectivity index (χ2n) is 13.5. The van der Waals surface area contributed by atoms with Gasteiger partial charge in [-0.2, -0.15) is 0 Å². The van der Waals surface area contributed by atoms with Crippen molar-refractivity contribution in [1.82, 2.24) is 9.88 Å². The van der Waals surface area contributed by atoms with Crippen molar-refractivity contribution >= 4 is 32.8 Å². The Morgan fingerprint density at radius 1 is 1.26 bits per heavy atom. The van der Waals surface area contributed by atoms with Crippen LogP contribution in [-0.4, -0.2) is 56.6 Å². The third-order valence-corrected chi connectivity index (χ3v) is 11.4. The SMILES string of the molecule is C=CC1CN2CCC1CC2C(O)c1ccnc2ccc(OC)cc12.CC12CC3CC(Br)(C1)CC(C(=O)O)(C3)C2. The van der Waals surface area contributed by atoms with Crippen molar-refractivity contribution in [3.63, 3.8) is 0 Å². The first-order chi connectivity index (χ1) is 18.6. The predicted molar refractivity (Wildman–Crippen MR) is 156 cm³/mol. The van der Waals surface area contributed by atoms with E-state index < -0.39 is 17.5 Å². The number of nitrogens with zero attached hydrogens (tertiary/aromatic N) is 2. The third kappa shape index (κ3) is 4.82. The number of carboxylic acid groups (broad SMARTS) is 1. The van der Waals surface area contributed by atoms with Gasteiger partial charge in [0.1, 0.15) is 5.75 Å².